The molecule has 1 aromatic carbocycles. The van der Waals surface area contributed by atoms with Gasteiger partial charge in [-0.1, -0.05) is 42.6 Å². The lowest BCUT2D eigenvalue weighted by atomic mass is 9.79. The Hall–Kier alpha value is -0.730. The number of hydrogen-bond acceptors (Lipinski definition) is 1. The summed E-state index contributed by atoms with van der Waals surface area (Å²) in [5.41, 5.74) is 0.0694. The minimum atomic E-state index is -0.723. The van der Waals surface area contributed by atoms with Crippen molar-refractivity contribution in [1.29, 1.82) is 0 Å². The quantitative estimate of drug-likeness (QED) is 0.866. The summed E-state index contributed by atoms with van der Waals surface area (Å²) in [6.07, 6.45) is 3.87. The topological polar surface area (TPSA) is 37.3 Å². The largest absolute Gasteiger partial charge is 0.481 e. The van der Waals surface area contributed by atoms with Crippen LogP contribution in [0.1, 0.15) is 38.2 Å². The standard InChI is InChI=1S/C15H18Cl2O2/c1-2-10-6-7-15(8-10,14(18)19)9-11-12(16)4-3-5-13(11)17/h3-5,10H,2,6-9H2,1H3,(H,18,19). The van der Waals surface area contributed by atoms with Crippen molar-refractivity contribution in [2.45, 2.75) is 39.0 Å². The normalized spacial score (nSPS) is 26.6. The van der Waals surface area contributed by atoms with E-state index in [0.717, 1.165) is 24.8 Å². The van der Waals surface area contributed by atoms with Crippen molar-refractivity contribution in [2.75, 3.05) is 0 Å². The monoisotopic (exact) mass is 300 g/mol. The second-order valence-corrected chi connectivity index (χ2v) is 6.29. The molecular formula is C15H18Cl2O2. The maximum Gasteiger partial charge on any atom is 0.309 e. The van der Waals surface area contributed by atoms with Crippen LogP contribution in [-0.4, -0.2) is 11.1 Å². The summed E-state index contributed by atoms with van der Waals surface area (Å²) in [6.45, 7) is 2.12. The van der Waals surface area contributed by atoms with Gasteiger partial charge < -0.3 is 5.11 Å². The van der Waals surface area contributed by atoms with Crippen molar-refractivity contribution in [1.82, 2.24) is 0 Å². The number of carboxylic acids is 1. The van der Waals surface area contributed by atoms with E-state index in [4.69, 9.17) is 23.2 Å². The van der Waals surface area contributed by atoms with Crippen LogP contribution >= 0.6 is 23.2 Å². The summed E-state index contributed by atoms with van der Waals surface area (Å²) in [4.78, 5) is 11.7. The highest BCUT2D eigenvalue weighted by molar-refractivity contribution is 6.36. The Morgan fingerprint density at radius 3 is 2.53 bits per heavy atom. The first kappa shape index (κ1) is 14.7. The van der Waals surface area contributed by atoms with Crippen molar-refractivity contribution in [3.63, 3.8) is 0 Å². The van der Waals surface area contributed by atoms with Crippen LogP contribution in [0.4, 0.5) is 0 Å². The predicted octanol–water partition coefficient (Wildman–Crippen LogP) is 4.82. The van der Waals surface area contributed by atoms with E-state index in [-0.39, 0.29) is 0 Å². The Labute approximate surface area is 123 Å². The van der Waals surface area contributed by atoms with Crippen molar-refractivity contribution in [3.8, 4) is 0 Å². The maximum atomic E-state index is 11.7. The lowest BCUT2D eigenvalue weighted by Crippen LogP contribution is -2.31. The molecule has 0 radical (unpaired) electrons. The summed E-state index contributed by atoms with van der Waals surface area (Å²) in [5, 5.41) is 10.8. The van der Waals surface area contributed by atoms with E-state index < -0.39 is 11.4 Å². The van der Waals surface area contributed by atoms with E-state index >= 15 is 0 Å². The molecule has 4 heteroatoms. The molecule has 2 nitrogen and oxygen atoms in total. The Kier molecular flexibility index (Phi) is 4.42. The summed E-state index contributed by atoms with van der Waals surface area (Å²) in [5.74, 6) is -0.225. The molecule has 1 aliphatic carbocycles. The van der Waals surface area contributed by atoms with Gasteiger partial charge in [-0.05, 0) is 49.3 Å². The maximum absolute atomic E-state index is 11.7. The third-order valence-electron chi connectivity index (χ3n) is 4.32. The van der Waals surface area contributed by atoms with Gasteiger partial charge in [0, 0.05) is 10.0 Å². The fourth-order valence-electron chi connectivity index (χ4n) is 3.06. The molecule has 0 saturated heterocycles. The van der Waals surface area contributed by atoms with E-state index in [9.17, 15) is 9.90 Å². The van der Waals surface area contributed by atoms with E-state index in [1.165, 1.54) is 0 Å². The Morgan fingerprint density at radius 1 is 1.42 bits per heavy atom. The van der Waals surface area contributed by atoms with Gasteiger partial charge in [-0.25, -0.2) is 0 Å². The predicted molar refractivity (Wildman–Crippen MR) is 77.9 cm³/mol. The third-order valence-corrected chi connectivity index (χ3v) is 5.03. The van der Waals surface area contributed by atoms with Gasteiger partial charge in [0.05, 0.1) is 5.41 Å². The van der Waals surface area contributed by atoms with Crippen LogP contribution in [0, 0.1) is 11.3 Å². The van der Waals surface area contributed by atoms with Crippen molar-refractivity contribution in [3.05, 3.63) is 33.8 Å². The van der Waals surface area contributed by atoms with Gasteiger partial charge in [0.2, 0.25) is 0 Å². The highest BCUT2D eigenvalue weighted by atomic mass is 35.5. The molecule has 2 unspecified atom stereocenters. The number of carbonyl (C=O) groups is 1. The average Bonchev–Trinajstić information content (AvgIpc) is 2.79. The fourth-order valence-corrected chi connectivity index (χ4v) is 3.59. The van der Waals surface area contributed by atoms with Crippen molar-refractivity contribution >= 4 is 29.2 Å². The summed E-state index contributed by atoms with van der Waals surface area (Å²) in [6, 6.07) is 5.32. The first-order valence-corrected chi connectivity index (χ1v) is 7.40. The zero-order chi connectivity index (χ0) is 14.0. The van der Waals surface area contributed by atoms with Crippen LogP contribution in [0.2, 0.25) is 10.0 Å². The lowest BCUT2D eigenvalue weighted by Gasteiger charge is -2.25. The molecule has 1 aromatic rings. The second-order valence-electron chi connectivity index (χ2n) is 5.48. The number of benzene rings is 1. The van der Waals surface area contributed by atoms with Crippen LogP contribution < -0.4 is 0 Å². The minimum absolute atomic E-state index is 0.428. The second kappa shape index (κ2) is 5.72. The van der Waals surface area contributed by atoms with Gasteiger partial charge in [0.1, 0.15) is 0 Å². The number of halogens is 2. The van der Waals surface area contributed by atoms with E-state index in [1.54, 1.807) is 18.2 Å². The first-order valence-electron chi connectivity index (χ1n) is 6.65. The van der Waals surface area contributed by atoms with Crippen molar-refractivity contribution < 1.29 is 9.90 Å². The molecule has 0 heterocycles. The molecular weight excluding hydrogens is 283 g/mol. The number of aliphatic carboxylic acids is 1. The molecule has 0 amide bonds. The number of hydrogen-bond donors (Lipinski definition) is 1. The molecule has 19 heavy (non-hydrogen) atoms. The number of rotatable bonds is 4. The van der Waals surface area contributed by atoms with Gasteiger partial charge in [-0.15, -0.1) is 0 Å². The molecule has 0 aromatic heterocycles. The van der Waals surface area contributed by atoms with Gasteiger partial charge in [0.15, 0.2) is 0 Å². The van der Waals surface area contributed by atoms with Gasteiger partial charge in [0.25, 0.3) is 0 Å². The molecule has 104 valence electrons. The zero-order valence-corrected chi connectivity index (χ0v) is 12.5. The molecule has 0 bridgehead atoms. The van der Waals surface area contributed by atoms with Crippen LogP contribution in [0.5, 0.6) is 0 Å². The molecule has 1 N–H and O–H groups in total. The van der Waals surface area contributed by atoms with Crippen LogP contribution in [-0.2, 0) is 11.2 Å². The van der Waals surface area contributed by atoms with Gasteiger partial charge >= 0.3 is 5.97 Å². The molecule has 1 saturated carbocycles. The molecule has 1 fully saturated rings. The summed E-state index contributed by atoms with van der Waals surface area (Å²) in [7, 11) is 0. The molecule has 0 spiro atoms. The van der Waals surface area contributed by atoms with Crippen LogP contribution in [0.15, 0.2) is 18.2 Å². The molecule has 2 atom stereocenters. The van der Waals surface area contributed by atoms with Crippen LogP contribution in [0.25, 0.3) is 0 Å². The average molecular weight is 301 g/mol. The lowest BCUT2D eigenvalue weighted by molar-refractivity contribution is -0.148. The van der Waals surface area contributed by atoms with E-state index in [2.05, 4.69) is 6.92 Å². The molecule has 1 aliphatic rings. The highest BCUT2D eigenvalue weighted by Crippen LogP contribution is 2.47. The zero-order valence-electron chi connectivity index (χ0n) is 11.0. The van der Waals surface area contributed by atoms with Gasteiger partial charge in [-0.2, -0.15) is 0 Å². The highest BCUT2D eigenvalue weighted by Gasteiger charge is 2.45. The number of carboxylic acid groups (broad SMARTS) is 1. The third kappa shape index (κ3) is 2.90. The minimum Gasteiger partial charge on any atom is -0.481 e. The smallest absolute Gasteiger partial charge is 0.309 e. The Morgan fingerprint density at radius 2 is 2.05 bits per heavy atom. The first-order chi connectivity index (χ1) is 8.98. The van der Waals surface area contributed by atoms with E-state index in [1.807, 2.05) is 0 Å². The van der Waals surface area contributed by atoms with E-state index in [0.29, 0.717) is 28.8 Å². The Balaban J connectivity index is 2.30. The summed E-state index contributed by atoms with van der Waals surface area (Å²) >= 11 is 12.3. The fraction of sp³-hybridized carbons (Fsp3) is 0.533. The SMILES string of the molecule is CCC1CCC(Cc2c(Cl)cccc2Cl)(C(=O)O)C1. The van der Waals surface area contributed by atoms with Crippen LogP contribution in [0.3, 0.4) is 0 Å². The summed E-state index contributed by atoms with van der Waals surface area (Å²) < 4.78 is 0. The van der Waals surface area contributed by atoms with Gasteiger partial charge in [-0.3, -0.25) is 4.79 Å². The molecule has 0 aliphatic heterocycles. The molecule has 2 rings (SSSR count). The Bertz CT molecular complexity index is 467. The van der Waals surface area contributed by atoms with Crippen molar-refractivity contribution in [2.24, 2.45) is 11.3 Å².